The topological polar surface area (TPSA) is 35.0 Å². The number of hydrogen-bond donors (Lipinski definition) is 0. The number of benzene rings is 1. The molecule has 0 fully saturated rings. The van der Waals surface area contributed by atoms with E-state index in [0.717, 1.165) is 0 Å². The average Bonchev–Trinajstić information content (AvgIpc) is 2.38. The van der Waals surface area contributed by atoms with E-state index < -0.39 is 6.61 Å². The van der Waals surface area contributed by atoms with Gasteiger partial charge in [-0.25, -0.2) is 9.97 Å². The minimum absolute atomic E-state index is 0.0612. The molecular formula is C13H10Cl2F2N2O. The molecule has 20 heavy (non-hydrogen) atoms. The van der Waals surface area contributed by atoms with Crippen molar-refractivity contribution in [3.63, 3.8) is 0 Å². The smallest absolute Gasteiger partial charge is 0.387 e. The van der Waals surface area contributed by atoms with Crippen LogP contribution in [0, 0.1) is 0 Å². The minimum Gasteiger partial charge on any atom is -0.435 e. The fraction of sp³-hybridized carbons (Fsp3) is 0.231. The lowest BCUT2D eigenvalue weighted by Gasteiger charge is -2.08. The Morgan fingerprint density at radius 3 is 2.10 bits per heavy atom. The van der Waals surface area contributed by atoms with Crippen LogP contribution in [-0.2, 0) is 6.42 Å². The van der Waals surface area contributed by atoms with Crippen LogP contribution in [0.2, 0.25) is 10.3 Å². The lowest BCUT2D eigenvalue weighted by atomic mass is 10.2. The molecule has 7 heteroatoms. The second kappa shape index (κ2) is 6.33. The molecule has 0 bridgehead atoms. The second-order valence-electron chi connectivity index (χ2n) is 3.86. The normalized spacial score (nSPS) is 10.9. The Morgan fingerprint density at radius 1 is 1.10 bits per heavy atom. The van der Waals surface area contributed by atoms with Gasteiger partial charge in [0, 0.05) is 11.1 Å². The fourth-order valence-corrected chi connectivity index (χ4v) is 2.29. The van der Waals surface area contributed by atoms with Crippen molar-refractivity contribution < 1.29 is 13.5 Å². The van der Waals surface area contributed by atoms with Crippen molar-refractivity contribution in [2.24, 2.45) is 0 Å². The zero-order valence-corrected chi connectivity index (χ0v) is 11.9. The van der Waals surface area contributed by atoms with Gasteiger partial charge in [0.2, 0.25) is 0 Å². The van der Waals surface area contributed by atoms with E-state index in [1.807, 2.05) is 6.92 Å². The van der Waals surface area contributed by atoms with Crippen LogP contribution in [0.5, 0.6) is 5.75 Å². The Hall–Kier alpha value is -1.46. The molecule has 0 aliphatic carbocycles. The Balaban J connectivity index is 2.32. The van der Waals surface area contributed by atoms with Gasteiger partial charge in [0.15, 0.2) is 5.82 Å². The van der Waals surface area contributed by atoms with Gasteiger partial charge >= 0.3 is 6.61 Å². The first-order chi connectivity index (χ1) is 9.51. The van der Waals surface area contributed by atoms with Crippen LogP contribution in [0.1, 0.15) is 12.5 Å². The van der Waals surface area contributed by atoms with E-state index in [1.54, 1.807) is 12.1 Å². The first-order valence-electron chi connectivity index (χ1n) is 5.78. The lowest BCUT2D eigenvalue weighted by Crippen LogP contribution is -2.01. The average molecular weight is 319 g/mol. The predicted molar refractivity (Wildman–Crippen MR) is 73.5 cm³/mol. The first-order valence-corrected chi connectivity index (χ1v) is 6.54. The number of nitrogens with zero attached hydrogens (tertiary/aromatic N) is 2. The van der Waals surface area contributed by atoms with Gasteiger partial charge in [-0.2, -0.15) is 8.78 Å². The number of aromatic nitrogens is 2. The molecule has 0 atom stereocenters. The van der Waals surface area contributed by atoms with Gasteiger partial charge in [0.05, 0.1) is 0 Å². The Morgan fingerprint density at radius 2 is 1.65 bits per heavy atom. The maximum absolute atomic E-state index is 12.1. The number of alkyl halides is 2. The highest BCUT2D eigenvalue weighted by molar-refractivity contribution is 6.34. The van der Waals surface area contributed by atoms with Crippen LogP contribution in [0.3, 0.4) is 0 Å². The summed E-state index contributed by atoms with van der Waals surface area (Å²) in [6.07, 6.45) is 0.624. The summed E-state index contributed by atoms with van der Waals surface area (Å²) in [6, 6.07) is 5.93. The van der Waals surface area contributed by atoms with E-state index in [4.69, 9.17) is 23.2 Å². The van der Waals surface area contributed by atoms with Crippen molar-refractivity contribution >= 4 is 23.2 Å². The number of hydrogen-bond acceptors (Lipinski definition) is 3. The number of ether oxygens (including phenoxy) is 1. The molecule has 0 aliphatic rings. The van der Waals surface area contributed by atoms with Gasteiger partial charge in [-0.15, -0.1) is 0 Å². The van der Waals surface area contributed by atoms with Gasteiger partial charge in [0.25, 0.3) is 0 Å². The quantitative estimate of drug-likeness (QED) is 0.772. The fourth-order valence-electron chi connectivity index (χ4n) is 1.64. The molecule has 1 aromatic carbocycles. The molecule has 0 radical (unpaired) electrons. The van der Waals surface area contributed by atoms with Crippen LogP contribution in [0.25, 0.3) is 11.4 Å². The molecule has 1 heterocycles. The van der Waals surface area contributed by atoms with E-state index >= 15 is 0 Å². The zero-order chi connectivity index (χ0) is 14.7. The van der Waals surface area contributed by atoms with Crippen molar-refractivity contribution in [2.75, 3.05) is 0 Å². The molecule has 1 aromatic heterocycles. The van der Waals surface area contributed by atoms with Crippen LogP contribution in [-0.4, -0.2) is 16.6 Å². The molecule has 3 nitrogen and oxygen atoms in total. The van der Waals surface area contributed by atoms with E-state index in [9.17, 15) is 8.78 Å². The molecule has 0 saturated carbocycles. The highest BCUT2D eigenvalue weighted by atomic mass is 35.5. The third-order valence-corrected chi connectivity index (χ3v) is 3.22. The molecule has 0 amide bonds. The molecule has 0 aliphatic heterocycles. The van der Waals surface area contributed by atoms with Crippen molar-refractivity contribution in [3.05, 3.63) is 40.1 Å². The van der Waals surface area contributed by atoms with Gasteiger partial charge in [0.1, 0.15) is 16.1 Å². The zero-order valence-electron chi connectivity index (χ0n) is 10.4. The molecule has 0 N–H and O–H groups in total. The summed E-state index contributed by atoms with van der Waals surface area (Å²) in [5.74, 6) is 0.395. The highest BCUT2D eigenvalue weighted by Crippen LogP contribution is 2.27. The number of rotatable bonds is 4. The first kappa shape index (κ1) is 14.9. The molecule has 0 unspecified atom stereocenters. The summed E-state index contributed by atoms with van der Waals surface area (Å²) in [7, 11) is 0. The minimum atomic E-state index is -2.86. The summed E-state index contributed by atoms with van der Waals surface area (Å²) in [5.41, 5.74) is 1.29. The summed E-state index contributed by atoms with van der Waals surface area (Å²) in [6.45, 7) is -0.961. The molecule has 2 aromatic rings. The van der Waals surface area contributed by atoms with Gasteiger partial charge in [-0.05, 0) is 30.7 Å². The van der Waals surface area contributed by atoms with Crippen molar-refractivity contribution in [1.29, 1.82) is 0 Å². The summed E-state index contributed by atoms with van der Waals surface area (Å²) >= 11 is 12.1. The van der Waals surface area contributed by atoms with Crippen LogP contribution in [0.15, 0.2) is 24.3 Å². The van der Waals surface area contributed by atoms with Crippen molar-refractivity contribution in [2.45, 2.75) is 20.0 Å². The maximum Gasteiger partial charge on any atom is 0.387 e. The van der Waals surface area contributed by atoms with E-state index in [0.29, 0.717) is 23.4 Å². The molecule has 0 saturated heterocycles. The van der Waals surface area contributed by atoms with Gasteiger partial charge in [-0.1, -0.05) is 30.1 Å². The second-order valence-corrected chi connectivity index (χ2v) is 4.58. The summed E-state index contributed by atoms with van der Waals surface area (Å²) in [5, 5.41) is 0.575. The molecular weight excluding hydrogens is 309 g/mol. The lowest BCUT2D eigenvalue weighted by molar-refractivity contribution is -0.0498. The molecule has 106 valence electrons. The predicted octanol–water partition coefficient (Wildman–Crippen LogP) is 4.61. The Labute approximate surface area is 124 Å². The Bertz CT molecular complexity index is 583. The van der Waals surface area contributed by atoms with Crippen LogP contribution in [0.4, 0.5) is 8.78 Å². The van der Waals surface area contributed by atoms with Crippen LogP contribution >= 0.6 is 23.2 Å². The van der Waals surface area contributed by atoms with Gasteiger partial charge in [-0.3, -0.25) is 0 Å². The van der Waals surface area contributed by atoms with E-state index in [-0.39, 0.29) is 16.1 Å². The molecule has 2 rings (SSSR count). The third-order valence-electron chi connectivity index (χ3n) is 2.60. The van der Waals surface area contributed by atoms with Crippen LogP contribution < -0.4 is 4.74 Å². The largest absolute Gasteiger partial charge is 0.435 e. The van der Waals surface area contributed by atoms with Crippen molar-refractivity contribution in [3.8, 4) is 17.1 Å². The van der Waals surface area contributed by atoms with E-state index in [1.165, 1.54) is 12.1 Å². The number of halogens is 4. The third kappa shape index (κ3) is 3.35. The summed E-state index contributed by atoms with van der Waals surface area (Å²) < 4.78 is 28.4. The van der Waals surface area contributed by atoms with E-state index in [2.05, 4.69) is 14.7 Å². The van der Waals surface area contributed by atoms with Crippen molar-refractivity contribution in [1.82, 2.24) is 9.97 Å². The maximum atomic E-state index is 12.1. The summed E-state index contributed by atoms with van der Waals surface area (Å²) in [4.78, 5) is 8.29. The highest BCUT2D eigenvalue weighted by Gasteiger charge is 2.12. The Kier molecular flexibility index (Phi) is 4.73. The monoisotopic (exact) mass is 318 g/mol. The standard InChI is InChI=1S/C13H10Cl2F2N2O/c1-2-9-10(14)18-12(19-11(9)15)7-3-5-8(6-4-7)20-13(16)17/h3-6,13H,2H2,1H3. The van der Waals surface area contributed by atoms with Gasteiger partial charge < -0.3 is 4.74 Å². The SMILES string of the molecule is CCc1c(Cl)nc(-c2ccc(OC(F)F)cc2)nc1Cl. The molecule has 0 spiro atoms.